The van der Waals surface area contributed by atoms with Gasteiger partial charge in [-0.1, -0.05) is 0 Å². The average molecular weight is 439 g/mol. The van der Waals surface area contributed by atoms with Crippen LogP contribution < -0.4 is 0 Å². The van der Waals surface area contributed by atoms with Crippen LogP contribution in [0.2, 0.25) is 0 Å². The van der Waals surface area contributed by atoms with Crippen molar-refractivity contribution in [2.75, 3.05) is 7.05 Å². The van der Waals surface area contributed by atoms with Gasteiger partial charge in [-0.3, -0.25) is 9.36 Å². The highest BCUT2D eigenvalue weighted by atomic mass is 127. The van der Waals surface area contributed by atoms with Gasteiger partial charge in [-0.2, -0.15) is 0 Å². The molecule has 2 heterocycles. The van der Waals surface area contributed by atoms with Crippen LogP contribution in [0.5, 0.6) is 0 Å². The number of hydrogen-bond donors (Lipinski definition) is 0. The van der Waals surface area contributed by atoms with Crippen LogP contribution in [0.3, 0.4) is 0 Å². The Balaban J connectivity index is 2.13. The molecule has 1 aromatic carbocycles. The van der Waals surface area contributed by atoms with Crippen LogP contribution in [0, 0.1) is 3.57 Å². The Hall–Kier alpha value is -1.90. The number of rotatable bonds is 1. The topological polar surface area (TPSA) is 64.4 Å². The van der Waals surface area contributed by atoms with E-state index >= 15 is 0 Å². The molecule has 24 heavy (non-hydrogen) atoms. The number of carbonyl (C=O) groups is 2. The molecule has 1 aliphatic rings. The second-order valence-electron chi connectivity index (χ2n) is 6.73. The number of halogens is 1. The fraction of sp³-hybridized carbons (Fsp3) is 0.353. The van der Waals surface area contributed by atoms with Gasteiger partial charge >= 0.3 is 5.97 Å². The maximum Gasteiger partial charge on any atom is 0.359 e. The molecule has 0 unspecified atom stereocenters. The minimum atomic E-state index is -0.603. The number of carbonyl (C=O) groups excluding carboxylic acids is 2. The SMILES string of the molecule is CN1Cc2c(C(=O)OC(C)(C)C)ncn2-c2ccc(I)cc2C1=O. The summed E-state index contributed by atoms with van der Waals surface area (Å²) in [5, 5.41) is 0. The number of aromatic nitrogens is 2. The molecule has 6 nitrogen and oxygen atoms in total. The number of esters is 1. The Labute approximate surface area is 153 Å². The van der Waals surface area contributed by atoms with Gasteiger partial charge in [-0.15, -0.1) is 0 Å². The van der Waals surface area contributed by atoms with Crippen molar-refractivity contribution in [1.29, 1.82) is 0 Å². The maximum absolute atomic E-state index is 12.6. The Bertz CT molecular complexity index is 836. The first kappa shape index (κ1) is 16.9. The molecule has 0 saturated heterocycles. The molecule has 0 atom stereocenters. The molecular weight excluding hydrogens is 421 g/mol. The number of hydrogen-bond acceptors (Lipinski definition) is 4. The minimum Gasteiger partial charge on any atom is -0.455 e. The molecule has 0 radical (unpaired) electrons. The van der Waals surface area contributed by atoms with Crippen LogP contribution in [-0.4, -0.2) is 39.0 Å². The highest BCUT2D eigenvalue weighted by molar-refractivity contribution is 14.1. The van der Waals surface area contributed by atoms with E-state index in [9.17, 15) is 9.59 Å². The zero-order chi connectivity index (χ0) is 17.6. The van der Waals surface area contributed by atoms with Crippen molar-refractivity contribution in [1.82, 2.24) is 14.5 Å². The van der Waals surface area contributed by atoms with Gasteiger partial charge in [0.25, 0.3) is 5.91 Å². The molecule has 3 rings (SSSR count). The Morgan fingerprint density at radius 1 is 1.33 bits per heavy atom. The molecule has 1 aromatic heterocycles. The second-order valence-corrected chi connectivity index (χ2v) is 7.98. The lowest BCUT2D eigenvalue weighted by atomic mass is 10.1. The summed E-state index contributed by atoms with van der Waals surface area (Å²) in [5.41, 5.74) is 1.61. The van der Waals surface area contributed by atoms with Gasteiger partial charge in [0.15, 0.2) is 5.69 Å². The summed E-state index contributed by atoms with van der Waals surface area (Å²) in [4.78, 5) is 30.9. The first-order valence-corrected chi connectivity index (χ1v) is 8.60. The quantitative estimate of drug-likeness (QED) is 0.507. The fourth-order valence-electron chi connectivity index (χ4n) is 2.62. The predicted octanol–water partition coefficient (Wildman–Crippen LogP) is 3.02. The number of imidazole rings is 1. The summed E-state index contributed by atoms with van der Waals surface area (Å²) >= 11 is 2.18. The molecule has 1 aliphatic heterocycles. The average Bonchev–Trinajstić information content (AvgIpc) is 2.84. The molecular formula is C17H18IN3O3. The largest absolute Gasteiger partial charge is 0.455 e. The molecule has 0 spiro atoms. The standard InChI is InChI=1S/C17H18IN3O3/c1-17(2,3)24-16(23)14-13-8-20(4)15(22)11-7-10(18)5-6-12(11)21(13)9-19-14/h5-7,9H,8H2,1-4H3. The number of fused-ring (bicyclic) bond motifs is 3. The minimum absolute atomic E-state index is 0.0812. The highest BCUT2D eigenvalue weighted by Crippen LogP contribution is 2.27. The summed E-state index contributed by atoms with van der Waals surface area (Å²) in [6.07, 6.45) is 1.58. The van der Waals surface area contributed by atoms with E-state index in [1.54, 1.807) is 22.8 Å². The van der Waals surface area contributed by atoms with Gasteiger partial charge in [0.2, 0.25) is 0 Å². The third kappa shape index (κ3) is 3.04. The van der Waals surface area contributed by atoms with Gasteiger partial charge in [0.05, 0.1) is 23.5 Å². The fourth-order valence-corrected chi connectivity index (χ4v) is 3.11. The van der Waals surface area contributed by atoms with Crippen molar-refractivity contribution in [2.24, 2.45) is 0 Å². The van der Waals surface area contributed by atoms with E-state index in [1.807, 2.05) is 39.0 Å². The summed E-state index contributed by atoms with van der Waals surface area (Å²) in [6.45, 7) is 5.73. The molecule has 2 aromatic rings. The van der Waals surface area contributed by atoms with E-state index in [1.165, 1.54) is 0 Å². The monoisotopic (exact) mass is 439 g/mol. The van der Waals surface area contributed by atoms with Gasteiger partial charge in [-0.05, 0) is 61.6 Å². The molecule has 1 amide bonds. The van der Waals surface area contributed by atoms with Crippen LogP contribution in [0.4, 0.5) is 0 Å². The van der Waals surface area contributed by atoms with Crippen molar-refractivity contribution in [2.45, 2.75) is 32.9 Å². The number of benzene rings is 1. The van der Waals surface area contributed by atoms with Gasteiger partial charge in [-0.25, -0.2) is 9.78 Å². The lowest BCUT2D eigenvalue weighted by Gasteiger charge is -2.19. The molecule has 126 valence electrons. The maximum atomic E-state index is 12.6. The Kier molecular flexibility index (Phi) is 4.15. The number of ether oxygens (including phenoxy) is 1. The van der Waals surface area contributed by atoms with Gasteiger partial charge in [0, 0.05) is 10.6 Å². The summed E-state index contributed by atoms with van der Waals surface area (Å²) < 4.78 is 8.21. The summed E-state index contributed by atoms with van der Waals surface area (Å²) in [6, 6.07) is 5.64. The van der Waals surface area contributed by atoms with E-state index in [0.717, 1.165) is 9.26 Å². The highest BCUT2D eigenvalue weighted by Gasteiger charge is 2.30. The smallest absolute Gasteiger partial charge is 0.359 e. The van der Waals surface area contributed by atoms with Crippen molar-refractivity contribution in [3.05, 3.63) is 45.0 Å². The van der Waals surface area contributed by atoms with Crippen molar-refractivity contribution < 1.29 is 14.3 Å². The number of amides is 1. The zero-order valence-corrected chi connectivity index (χ0v) is 16.1. The molecule has 0 N–H and O–H groups in total. The van der Waals surface area contributed by atoms with E-state index in [2.05, 4.69) is 27.6 Å². The van der Waals surface area contributed by atoms with Gasteiger partial charge in [0.1, 0.15) is 11.9 Å². The zero-order valence-electron chi connectivity index (χ0n) is 14.0. The second kappa shape index (κ2) is 5.87. The van der Waals surface area contributed by atoms with E-state index in [4.69, 9.17) is 4.74 Å². The third-order valence-electron chi connectivity index (χ3n) is 3.64. The van der Waals surface area contributed by atoms with Crippen LogP contribution in [0.15, 0.2) is 24.5 Å². The van der Waals surface area contributed by atoms with E-state index < -0.39 is 11.6 Å². The third-order valence-corrected chi connectivity index (χ3v) is 4.31. The molecule has 7 heteroatoms. The number of nitrogens with zero attached hydrogens (tertiary/aromatic N) is 3. The Morgan fingerprint density at radius 2 is 2.04 bits per heavy atom. The lowest BCUT2D eigenvalue weighted by Crippen LogP contribution is -2.27. The van der Waals surface area contributed by atoms with Crippen molar-refractivity contribution in [3.63, 3.8) is 0 Å². The van der Waals surface area contributed by atoms with Crippen molar-refractivity contribution >= 4 is 34.5 Å². The van der Waals surface area contributed by atoms with Crippen LogP contribution in [-0.2, 0) is 11.3 Å². The molecule has 0 bridgehead atoms. The lowest BCUT2D eigenvalue weighted by molar-refractivity contribution is 0.00608. The van der Waals surface area contributed by atoms with Crippen LogP contribution >= 0.6 is 22.6 Å². The van der Waals surface area contributed by atoms with Crippen LogP contribution in [0.1, 0.15) is 47.3 Å². The van der Waals surface area contributed by atoms with Crippen molar-refractivity contribution in [3.8, 4) is 5.69 Å². The molecule has 0 aliphatic carbocycles. The first-order chi connectivity index (χ1) is 11.2. The molecule has 0 saturated carbocycles. The van der Waals surface area contributed by atoms with Gasteiger partial charge < -0.3 is 9.64 Å². The summed E-state index contributed by atoms with van der Waals surface area (Å²) in [7, 11) is 1.72. The predicted molar refractivity (Wildman–Crippen MR) is 97.2 cm³/mol. The Morgan fingerprint density at radius 3 is 2.71 bits per heavy atom. The summed E-state index contributed by atoms with van der Waals surface area (Å²) in [5.74, 6) is -0.562. The van der Waals surface area contributed by atoms with E-state index in [0.29, 0.717) is 17.8 Å². The van der Waals surface area contributed by atoms with Crippen LogP contribution in [0.25, 0.3) is 5.69 Å². The van der Waals surface area contributed by atoms with E-state index in [-0.39, 0.29) is 11.6 Å². The normalized spacial score (nSPS) is 14.0. The first-order valence-electron chi connectivity index (χ1n) is 7.52. The molecule has 0 fully saturated rings.